The smallest absolute Gasteiger partial charge is 0.234 e. The van der Waals surface area contributed by atoms with Crippen LogP contribution in [0.1, 0.15) is 38.7 Å². The Kier molecular flexibility index (Phi) is 7.39. The lowest BCUT2D eigenvalue weighted by Crippen LogP contribution is -2.13. The SMILES string of the molecule is CCSc1nnc(SCC(=O)Nc2ccc([C@H](C)CC)cc2)s1. The highest BCUT2D eigenvalue weighted by Crippen LogP contribution is 2.28. The lowest BCUT2D eigenvalue weighted by Gasteiger charge is -2.10. The fraction of sp³-hybridized carbons (Fsp3) is 0.438. The van der Waals surface area contributed by atoms with E-state index in [1.165, 1.54) is 28.7 Å². The van der Waals surface area contributed by atoms with E-state index >= 15 is 0 Å². The molecule has 1 aromatic carbocycles. The molecule has 7 heteroatoms. The van der Waals surface area contributed by atoms with Crippen molar-refractivity contribution >= 4 is 46.5 Å². The molecule has 0 saturated heterocycles. The van der Waals surface area contributed by atoms with E-state index in [2.05, 4.69) is 48.4 Å². The standard InChI is InChI=1S/C16H21N3OS3/c1-4-11(3)12-6-8-13(9-7-12)17-14(20)10-22-16-19-18-15(23-16)21-5-2/h6-9,11H,4-5,10H2,1-3H3,(H,17,20)/t11-/m1/s1. The molecule has 124 valence electrons. The van der Waals surface area contributed by atoms with Crippen molar-refractivity contribution in [1.82, 2.24) is 10.2 Å². The molecule has 4 nitrogen and oxygen atoms in total. The Morgan fingerprint density at radius 2 is 1.83 bits per heavy atom. The van der Waals surface area contributed by atoms with Crippen molar-refractivity contribution in [2.75, 3.05) is 16.8 Å². The van der Waals surface area contributed by atoms with Crippen molar-refractivity contribution in [2.24, 2.45) is 0 Å². The van der Waals surface area contributed by atoms with Crippen LogP contribution >= 0.6 is 34.9 Å². The van der Waals surface area contributed by atoms with Gasteiger partial charge < -0.3 is 5.32 Å². The average Bonchev–Trinajstić information content (AvgIpc) is 3.01. The zero-order chi connectivity index (χ0) is 16.7. The highest BCUT2D eigenvalue weighted by atomic mass is 32.2. The number of nitrogens with one attached hydrogen (secondary N) is 1. The zero-order valence-electron chi connectivity index (χ0n) is 13.5. The molecule has 0 bridgehead atoms. The summed E-state index contributed by atoms with van der Waals surface area (Å²) in [7, 11) is 0. The number of aromatic nitrogens is 2. The van der Waals surface area contributed by atoms with Gasteiger partial charge in [0.25, 0.3) is 0 Å². The highest BCUT2D eigenvalue weighted by Gasteiger charge is 2.09. The number of hydrogen-bond acceptors (Lipinski definition) is 6. The third-order valence-corrected chi connectivity index (χ3v) is 6.43. The monoisotopic (exact) mass is 367 g/mol. The van der Waals surface area contributed by atoms with E-state index < -0.39 is 0 Å². The predicted octanol–water partition coefficient (Wildman–Crippen LogP) is 4.89. The Labute approximate surface area is 149 Å². The third-order valence-electron chi connectivity index (χ3n) is 3.36. The molecular formula is C16H21N3OS3. The number of anilines is 1. The summed E-state index contributed by atoms with van der Waals surface area (Å²) in [6.45, 7) is 6.46. The minimum Gasteiger partial charge on any atom is -0.325 e. The highest BCUT2D eigenvalue weighted by molar-refractivity contribution is 8.03. The normalized spacial score (nSPS) is 12.1. The number of benzene rings is 1. The van der Waals surface area contributed by atoms with Crippen LogP contribution in [0.15, 0.2) is 32.9 Å². The van der Waals surface area contributed by atoms with Gasteiger partial charge in [0.15, 0.2) is 8.68 Å². The van der Waals surface area contributed by atoms with Gasteiger partial charge in [-0.1, -0.05) is 67.8 Å². The minimum atomic E-state index is -0.0221. The van der Waals surface area contributed by atoms with Gasteiger partial charge in [-0.05, 0) is 35.8 Å². The molecule has 1 atom stereocenters. The Bertz CT molecular complexity index is 628. The average molecular weight is 368 g/mol. The molecule has 1 amide bonds. The zero-order valence-corrected chi connectivity index (χ0v) is 16.0. The fourth-order valence-electron chi connectivity index (χ4n) is 1.89. The topological polar surface area (TPSA) is 54.9 Å². The summed E-state index contributed by atoms with van der Waals surface area (Å²) >= 11 is 4.63. The van der Waals surface area contributed by atoms with Crippen LogP contribution in [-0.2, 0) is 4.79 Å². The maximum Gasteiger partial charge on any atom is 0.234 e. The van der Waals surface area contributed by atoms with Crippen LogP contribution in [0.5, 0.6) is 0 Å². The molecule has 0 aliphatic heterocycles. The Morgan fingerprint density at radius 3 is 2.43 bits per heavy atom. The van der Waals surface area contributed by atoms with E-state index in [-0.39, 0.29) is 5.91 Å². The molecule has 2 rings (SSSR count). The molecule has 0 spiro atoms. The first-order valence-electron chi connectivity index (χ1n) is 7.61. The molecule has 0 aliphatic carbocycles. The molecule has 23 heavy (non-hydrogen) atoms. The van der Waals surface area contributed by atoms with Gasteiger partial charge in [-0.2, -0.15) is 0 Å². The van der Waals surface area contributed by atoms with Crippen LogP contribution in [0.2, 0.25) is 0 Å². The first-order valence-corrected chi connectivity index (χ1v) is 10.4. The second kappa shape index (κ2) is 9.30. The summed E-state index contributed by atoms with van der Waals surface area (Å²) in [6.07, 6.45) is 1.11. The van der Waals surface area contributed by atoms with Crippen LogP contribution in [0.25, 0.3) is 0 Å². The van der Waals surface area contributed by atoms with Crippen molar-refractivity contribution in [3.05, 3.63) is 29.8 Å². The second-order valence-electron chi connectivity index (χ2n) is 5.04. The van der Waals surface area contributed by atoms with Crippen LogP contribution < -0.4 is 5.32 Å². The molecule has 0 fully saturated rings. The first-order chi connectivity index (χ1) is 11.1. The quantitative estimate of drug-likeness (QED) is 0.673. The number of nitrogens with zero attached hydrogens (tertiary/aromatic N) is 2. The first kappa shape index (κ1) is 18.3. The Hall–Kier alpha value is -1.05. The van der Waals surface area contributed by atoms with E-state index in [4.69, 9.17) is 0 Å². The van der Waals surface area contributed by atoms with E-state index in [1.807, 2.05) is 12.1 Å². The number of carbonyl (C=O) groups excluding carboxylic acids is 1. The van der Waals surface area contributed by atoms with Gasteiger partial charge in [0, 0.05) is 5.69 Å². The summed E-state index contributed by atoms with van der Waals surface area (Å²) in [5.74, 6) is 1.85. The largest absolute Gasteiger partial charge is 0.325 e. The number of hydrogen-bond donors (Lipinski definition) is 1. The van der Waals surface area contributed by atoms with E-state index in [0.29, 0.717) is 11.7 Å². The minimum absolute atomic E-state index is 0.0221. The molecule has 2 aromatic rings. The van der Waals surface area contributed by atoms with Crippen LogP contribution in [0, 0.1) is 0 Å². The maximum atomic E-state index is 12.0. The summed E-state index contributed by atoms with van der Waals surface area (Å²) in [5, 5.41) is 11.1. The van der Waals surface area contributed by atoms with Crippen LogP contribution in [0.3, 0.4) is 0 Å². The van der Waals surface area contributed by atoms with Gasteiger partial charge in [0.2, 0.25) is 5.91 Å². The molecule has 0 unspecified atom stereocenters. The number of rotatable bonds is 8. The molecule has 0 aliphatic rings. The lowest BCUT2D eigenvalue weighted by molar-refractivity contribution is -0.113. The molecule has 0 saturated carbocycles. The fourth-order valence-corrected chi connectivity index (χ4v) is 4.61. The van der Waals surface area contributed by atoms with Crippen molar-refractivity contribution in [2.45, 2.75) is 41.8 Å². The molecular weight excluding hydrogens is 346 g/mol. The van der Waals surface area contributed by atoms with Crippen molar-refractivity contribution in [3.8, 4) is 0 Å². The van der Waals surface area contributed by atoms with Crippen molar-refractivity contribution in [1.29, 1.82) is 0 Å². The van der Waals surface area contributed by atoms with Crippen molar-refractivity contribution in [3.63, 3.8) is 0 Å². The Balaban J connectivity index is 1.82. The number of thioether (sulfide) groups is 2. The molecule has 0 radical (unpaired) electrons. The predicted molar refractivity (Wildman–Crippen MR) is 101 cm³/mol. The van der Waals surface area contributed by atoms with Gasteiger partial charge in [0.1, 0.15) is 0 Å². The van der Waals surface area contributed by atoms with Gasteiger partial charge in [-0.25, -0.2) is 0 Å². The lowest BCUT2D eigenvalue weighted by atomic mass is 9.99. The van der Waals surface area contributed by atoms with E-state index in [9.17, 15) is 4.79 Å². The molecule has 1 heterocycles. The maximum absolute atomic E-state index is 12.0. The van der Waals surface area contributed by atoms with Crippen LogP contribution in [0.4, 0.5) is 5.69 Å². The van der Waals surface area contributed by atoms with Gasteiger partial charge in [0.05, 0.1) is 5.75 Å². The van der Waals surface area contributed by atoms with E-state index in [0.717, 1.165) is 26.5 Å². The summed E-state index contributed by atoms with van der Waals surface area (Å²) in [4.78, 5) is 12.0. The van der Waals surface area contributed by atoms with Crippen LogP contribution in [-0.4, -0.2) is 27.6 Å². The third kappa shape index (κ3) is 5.82. The van der Waals surface area contributed by atoms with Gasteiger partial charge in [-0.15, -0.1) is 10.2 Å². The molecule has 1 aromatic heterocycles. The number of amides is 1. The van der Waals surface area contributed by atoms with E-state index in [1.54, 1.807) is 11.8 Å². The summed E-state index contributed by atoms with van der Waals surface area (Å²) in [5.41, 5.74) is 2.14. The summed E-state index contributed by atoms with van der Waals surface area (Å²) < 4.78 is 1.79. The summed E-state index contributed by atoms with van der Waals surface area (Å²) in [6, 6.07) is 8.09. The van der Waals surface area contributed by atoms with Crippen molar-refractivity contribution < 1.29 is 4.79 Å². The van der Waals surface area contributed by atoms with Gasteiger partial charge in [-0.3, -0.25) is 4.79 Å². The second-order valence-corrected chi connectivity index (χ2v) is 8.75. The molecule has 1 N–H and O–H groups in total. The Morgan fingerprint density at radius 1 is 1.17 bits per heavy atom. The number of carbonyl (C=O) groups is 1. The van der Waals surface area contributed by atoms with Gasteiger partial charge >= 0.3 is 0 Å².